The second-order valence-corrected chi connectivity index (χ2v) is 7.77. The van der Waals surface area contributed by atoms with Gasteiger partial charge in [-0.15, -0.1) is 0 Å². The SMILES string of the molecule is O=S(=O)(c1ccc(N2CCOCC2)c2c1[C@H](O)C(F)(F)C2)C(F)(F)F. The maximum atomic E-state index is 14.0. The van der Waals surface area contributed by atoms with Gasteiger partial charge in [-0.25, -0.2) is 17.2 Å². The Bertz CT molecular complexity index is 787. The van der Waals surface area contributed by atoms with Crippen LogP contribution in [0.25, 0.3) is 0 Å². The van der Waals surface area contributed by atoms with Crippen LogP contribution in [0.3, 0.4) is 0 Å². The highest BCUT2D eigenvalue weighted by Gasteiger charge is 2.55. The first kappa shape index (κ1) is 18.3. The number of rotatable bonds is 2. The lowest BCUT2D eigenvalue weighted by Crippen LogP contribution is -2.37. The van der Waals surface area contributed by atoms with E-state index in [9.17, 15) is 35.5 Å². The second-order valence-electron chi connectivity index (χ2n) is 5.86. The van der Waals surface area contributed by atoms with Gasteiger partial charge < -0.3 is 14.7 Å². The summed E-state index contributed by atoms with van der Waals surface area (Å²) >= 11 is 0. The molecule has 0 unspecified atom stereocenters. The molecule has 2 aliphatic rings. The predicted molar refractivity (Wildman–Crippen MR) is 76.3 cm³/mol. The van der Waals surface area contributed by atoms with Crippen molar-refractivity contribution in [1.29, 1.82) is 0 Å². The number of hydrogen-bond donors (Lipinski definition) is 1. The Morgan fingerprint density at radius 3 is 2.36 bits per heavy atom. The Morgan fingerprint density at radius 1 is 1.20 bits per heavy atom. The molecule has 1 aliphatic heterocycles. The van der Waals surface area contributed by atoms with E-state index in [-0.39, 0.29) is 11.3 Å². The van der Waals surface area contributed by atoms with Gasteiger partial charge in [0.15, 0.2) is 0 Å². The molecule has 0 saturated carbocycles. The highest BCUT2D eigenvalue weighted by Crippen LogP contribution is 2.50. The summed E-state index contributed by atoms with van der Waals surface area (Å²) in [6, 6.07) is 1.72. The summed E-state index contributed by atoms with van der Waals surface area (Å²) in [7, 11) is -5.87. The smallest absolute Gasteiger partial charge is 0.382 e. The number of alkyl halides is 5. The second kappa shape index (κ2) is 5.78. The largest absolute Gasteiger partial charge is 0.501 e. The van der Waals surface area contributed by atoms with Crippen LogP contribution < -0.4 is 4.90 Å². The number of halogens is 5. The molecular formula is C14H14F5NO4S. The zero-order chi connectivity index (χ0) is 18.6. The molecule has 1 heterocycles. The molecule has 0 amide bonds. The van der Waals surface area contributed by atoms with Crippen molar-refractivity contribution in [2.45, 2.75) is 28.9 Å². The minimum Gasteiger partial charge on any atom is -0.382 e. The Morgan fingerprint density at radius 2 is 1.80 bits per heavy atom. The van der Waals surface area contributed by atoms with Crippen LogP contribution in [-0.2, 0) is 21.0 Å². The first-order valence-corrected chi connectivity index (χ1v) is 8.81. The van der Waals surface area contributed by atoms with E-state index < -0.39 is 44.3 Å². The lowest BCUT2D eigenvalue weighted by molar-refractivity contribution is -0.0977. The summed E-state index contributed by atoms with van der Waals surface area (Å²) in [5, 5.41) is 9.82. The van der Waals surface area contributed by atoms with Crippen LogP contribution in [0, 0.1) is 0 Å². The zero-order valence-electron chi connectivity index (χ0n) is 12.7. The van der Waals surface area contributed by atoms with Gasteiger partial charge in [-0.3, -0.25) is 0 Å². The maximum Gasteiger partial charge on any atom is 0.501 e. The van der Waals surface area contributed by atoms with Crippen molar-refractivity contribution in [2.75, 3.05) is 31.2 Å². The third-order valence-electron chi connectivity index (χ3n) is 4.32. The fourth-order valence-corrected chi connectivity index (χ4v) is 4.14. The van der Waals surface area contributed by atoms with Crippen LogP contribution in [-0.4, -0.2) is 51.3 Å². The van der Waals surface area contributed by atoms with Crippen molar-refractivity contribution < 1.29 is 40.2 Å². The van der Waals surface area contributed by atoms with Gasteiger partial charge in [0.1, 0.15) is 6.10 Å². The van der Waals surface area contributed by atoms with Gasteiger partial charge in [-0.05, 0) is 17.7 Å². The van der Waals surface area contributed by atoms with E-state index in [0.717, 1.165) is 6.07 Å². The Labute approximate surface area is 139 Å². The van der Waals surface area contributed by atoms with Gasteiger partial charge >= 0.3 is 5.51 Å². The molecule has 1 aromatic rings. The van der Waals surface area contributed by atoms with Crippen LogP contribution in [0.4, 0.5) is 27.6 Å². The van der Waals surface area contributed by atoms with Gasteiger partial charge in [-0.2, -0.15) is 13.2 Å². The van der Waals surface area contributed by atoms with Crippen LogP contribution in [0.2, 0.25) is 0 Å². The van der Waals surface area contributed by atoms with Crippen molar-refractivity contribution in [3.8, 4) is 0 Å². The summed E-state index contributed by atoms with van der Waals surface area (Å²) in [6.45, 7) is 1.24. The zero-order valence-corrected chi connectivity index (χ0v) is 13.5. The van der Waals surface area contributed by atoms with Gasteiger partial charge in [0, 0.05) is 30.8 Å². The minimum atomic E-state index is -5.87. The Hall–Kier alpha value is -1.46. The molecule has 140 valence electrons. The molecule has 5 nitrogen and oxygen atoms in total. The molecular weight excluding hydrogens is 373 g/mol. The lowest BCUT2D eigenvalue weighted by atomic mass is 10.1. The van der Waals surface area contributed by atoms with Gasteiger partial charge in [-0.1, -0.05) is 0 Å². The number of anilines is 1. The van der Waals surface area contributed by atoms with E-state index >= 15 is 0 Å². The van der Waals surface area contributed by atoms with Crippen molar-refractivity contribution in [3.63, 3.8) is 0 Å². The van der Waals surface area contributed by atoms with Gasteiger partial charge in [0.05, 0.1) is 18.1 Å². The fraction of sp³-hybridized carbons (Fsp3) is 0.571. The van der Waals surface area contributed by atoms with E-state index in [0.29, 0.717) is 32.4 Å². The maximum absolute atomic E-state index is 14.0. The van der Waals surface area contributed by atoms with Crippen LogP contribution in [0.1, 0.15) is 17.2 Å². The number of ether oxygens (including phenoxy) is 1. The molecule has 0 radical (unpaired) electrons. The summed E-state index contributed by atoms with van der Waals surface area (Å²) < 4.78 is 95.2. The van der Waals surface area contributed by atoms with Gasteiger partial charge in [0.25, 0.3) is 15.8 Å². The Kier molecular flexibility index (Phi) is 4.24. The van der Waals surface area contributed by atoms with Crippen LogP contribution in [0.5, 0.6) is 0 Å². The number of aliphatic hydroxyl groups excluding tert-OH is 1. The number of fused-ring (bicyclic) bond motifs is 1. The quantitative estimate of drug-likeness (QED) is 0.787. The number of aliphatic hydroxyl groups is 1. The normalized spacial score (nSPS) is 23.6. The number of sulfone groups is 1. The number of nitrogens with zero attached hydrogens (tertiary/aromatic N) is 1. The average molecular weight is 387 g/mol. The fourth-order valence-electron chi connectivity index (χ4n) is 3.12. The lowest BCUT2D eigenvalue weighted by Gasteiger charge is -2.31. The minimum absolute atomic E-state index is 0.190. The van der Waals surface area contributed by atoms with Crippen LogP contribution in [0.15, 0.2) is 17.0 Å². The monoisotopic (exact) mass is 387 g/mol. The Balaban J connectivity index is 2.20. The number of morpholine rings is 1. The highest BCUT2D eigenvalue weighted by molar-refractivity contribution is 7.92. The third-order valence-corrected chi connectivity index (χ3v) is 5.87. The van der Waals surface area contributed by atoms with E-state index in [1.54, 1.807) is 4.90 Å². The average Bonchev–Trinajstić information content (AvgIpc) is 2.76. The molecule has 1 saturated heterocycles. The van der Waals surface area contributed by atoms with Crippen LogP contribution >= 0.6 is 0 Å². The van der Waals surface area contributed by atoms with Crippen molar-refractivity contribution in [3.05, 3.63) is 23.3 Å². The highest BCUT2D eigenvalue weighted by atomic mass is 32.2. The third kappa shape index (κ3) is 2.87. The van der Waals surface area contributed by atoms with Gasteiger partial charge in [0.2, 0.25) is 0 Å². The number of benzene rings is 1. The molecule has 1 aromatic carbocycles. The topological polar surface area (TPSA) is 66.8 Å². The molecule has 0 spiro atoms. The molecule has 1 fully saturated rings. The molecule has 11 heteroatoms. The summed E-state index contributed by atoms with van der Waals surface area (Å²) in [6.07, 6.45) is -3.65. The van der Waals surface area contributed by atoms with E-state index in [4.69, 9.17) is 4.74 Å². The van der Waals surface area contributed by atoms with E-state index in [2.05, 4.69) is 0 Å². The first-order valence-electron chi connectivity index (χ1n) is 7.32. The first-order chi connectivity index (χ1) is 11.5. The van der Waals surface area contributed by atoms with Crippen molar-refractivity contribution >= 4 is 15.5 Å². The van der Waals surface area contributed by atoms with Crippen molar-refractivity contribution in [1.82, 2.24) is 0 Å². The molecule has 1 aliphatic carbocycles. The summed E-state index contributed by atoms with van der Waals surface area (Å²) in [4.78, 5) is 0.303. The van der Waals surface area contributed by atoms with E-state index in [1.165, 1.54) is 0 Å². The van der Waals surface area contributed by atoms with Crippen molar-refractivity contribution in [2.24, 2.45) is 0 Å². The van der Waals surface area contributed by atoms with E-state index in [1.807, 2.05) is 0 Å². The molecule has 0 aromatic heterocycles. The molecule has 1 N–H and O–H groups in total. The molecule has 25 heavy (non-hydrogen) atoms. The standard InChI is InChI=1S/C14H14F5NO4S/c15-13(16)7-8-9(20-3-5-24-6-4-20)1-2-10(11(8)12(13)21)25(22,23)14(17,18)19/h1-2,12,21H,3-7H2/t12-/m0/s1. The number of hydrogen-bond acceptors (Lipinski definition) is 5. The summed E-state index contributed by atoms with van der Waals surface area (Å²) in [5.74, 6) is -3.75. The predicted octanol–water partition coefficient (Wildman–Crippen LogP) is 2.04. The molecule has 3 rings (SSSR count). The summed E-state index contributed by atoms with van der Waals surface area (Å²) in [5.41, 5.74) is -6.61. The molecule has 0 bridgehead atoms. The molecule has 1 atom stereocenters.